The molecule has 0 saturated carbocycles. The van der Waals surface area contributed by atoms with E-state index in [1.165, 1.54) is 30.2 Å². The minimum absolute atomic E-state index is 0.160. The fourth-order valence-electron chi connectivity index (χ4n) is 2.32. The van der Waals surface area contributed by atoms with Crippen LogP contribution >= 0.6 is 11.3 Å². The Balaban J connectivity index is 2.45. The molecule has 5 heteroatoms. The number of carbonyl (C=O) groups excluding carboxylic acids is 2. The van der Waals surface area contributed by atoms with Gasteiger partial charge in [0.1, 0.15) is 5.00 Å². The van der Waals surface area contributed by atoms with E-state index in [2.05, 4.69) is 12.2 Å². The number of fused-ring (bicyclic) bond motifs is 1. The van der Waals surface area contributed by atoms with E-state index in [1.54, 1.807) is 0 Å². The van der Waals surface area contributed by atoms with Crippen LogP contribution in [0.1, 0.15) is 41.1 Å². The van der Waals surface area contributed by atoms with Crippen molar-refractivity contribution in [3.8, 4) is 0 Å². The van der Waals surface area contributed by atoms with Crippen molar-refractivity contribution in [2.75, 3.05) is 12.4 Å². The Labute approximate surface area is 110 Å². The van der Waals surface area contributed by atoms with Gasteiger partial charge >= 0.3 is 5.97 Å². The number of methoxy groups -OCH3 is 1. The van der Waals surface area contributed by atoms with Crippen LogP contribution in [0.15, 0.2) is 0 Å². The van der Waals surface area contributed by atoms with Crippen molar-refractivity contribution < 1.29 is 14.3 Å². The molecule has 1 aliphatic rings. The highest BCUT2D eigenvalue weighted by molar-refractivity contribution is 7.17. The maximum absolute atomic E-state index is 11.9. The quantitative estimate of drug-likeness (QED) is 0.838. The van der Waals surface area contributed by atoms with Crippen molar-refractivity contribution in [2.45, 2.75) is 33.1 Å². The zero-order valence-corrected chi connectivity index (χ0v) is 11.6. The number of esters is 1. The van der Waals surface area contributed by atoms with Crippen LogP contribution in [0.5, 0.6) is 0 Å². The first-order chi connectivity index (χ1) is 8.52. The van der Waals surface area contributed by atoms with Gasteiger partial charge in [0.15, 0.2) is 0 Å². The minimum atomic E-state index is -0.356. The van der Waals surface area contributed by atoms with Crippen molar-refractivity contribution in [2.24, 2.45) is 5.92 Å². The van der Waals surface area contributed by atoms with Gasteiger partial charge < -0.3 is 10.1 Å². The van der Waals surface area contributed by atoms with E-state index >= 15 is 0 Å². The first-order valence-electron chi connectivity index (χ1n) is 6.03. The molecule has 0 spiro atoms. The van der Waals surface area contributed by atoms with Crippen molar-refractivity contribution in [1.29, 1.82) is 0 Å². The molecule has 0 fully saturated rings. The molecule has 4 nitrogen and oxygen atoms in total. The third-order valence-electron chi connectivity index (χ3n) is 3.19. The Morgan fingerprint density at radius 2 is 2.17 bits per heavy atom. The monoisotopic (exact) mass is 267 g/mol. The summed E-state index contributed by atoms with van der Waals surface area (Å²) in [6.45, 7) is 3.65. The molecular weight excluding hydrogens is 250 g/mol. The predicted molar refractivity (Wildman–Crippen MR) is 71.2 cm³/mol. The van der Waals surface area contributed by atoms with Crippen LogP contribution in [-0.2, 0) is 22.4 Å². The topological polar surface area (TPSA) is 55.4 Å². The highest BCUT2D eigenvalue weighted by Crippen LogP contribution is 2.39. The molecule has 1 aromatic rings. The highest BCUT2D eigenvalue weighted by Gasteiger charge is 2.28. The molecule has 18 heavy (non-hydrogen) atoms. The number of anilines is 1. The molecular formula is C13H17NO3S. The first-order valence-corrected chi connectivity index (χ1v) is 6.85. The van der Waals surface area contributed by atoms with Crippen LogP contribution in [0.2, 0.25) is 0 Å². The second-order valence-corrected chi connectivity index (χ2v) is 5.83. The van der Waals surface area contributed by atoms with Gasteiger partial charge in [-0.1, -0.05) is 6.92 Å². The summed E-state index contributed by atoms with van der Waals surface area (Å²) < 4.78 is 4.83. The molecule has 2 rings (SSSR count). The van der Waals surface area contributed by atoms with E-state index in [4.69, 9.17) is 4.74 Å². The number of thiophene rings is 1. The molecule has 98 valence electrons. The van der Waals surface area contributed by atoms with Crippen LogP contribution in [-0.4, -0.2) is 19.0 Å². The summed E-state index contributed by atoms with van der Waals surface area (Å²) in [6.07, 6.45) is 2.94. The lowest BCUT2D eigenvalue weighted by molar-refractivity contribution is -0.114. The Morgan fingerprint density at radius 3 is 2.78 bits per heavy atom. The van der Waals surface area contributed by atoms with Gasteiger partial charge in [-0.3, -0.25) is 4.79 Å². The summed E-state index contributed by atoms with van der Waals surface area (Å²) in [5.74, 6) is 0.115. The Kier molecular flexibility index (Phi) is 3.71. The largest absolute Gasteiger partial charge is 0.465 e. The lowest BCUT2D eigenvalue weighted by Crippen LogP contribution is -2.14. The van der Waals surface area contributed by atoms with Gasteiger partial charge in [-0.2, -0.15) is 0 Å². The van der Waals surface area contributed by atoms with E-state index in [1.807, 2.05) is 0 Å². The lowest BCUT2D eigenvalue weighted by atomic mass is 9.88. The second-order valence-electron chi connectivity index (χ2n) is 4.73. The molecule has 1 aliphatic carbocycles. The van der Waals surface area contributed by atoms with Crippen LogP contribution in [0.4, 0.5) is 5.00 Å². The van der Waals surface area contributed by atoms with Crippen molar-refractivity contribution in [1.82, 2.24) is 0 Å². The number of hydrogen-bond acceptors (Lipinski definition) is 4. The van der Waals surface area contributed by atoms with Crippen molar-refractivity contribution in [3.05, 3.63) is 16.0 Å². The Morgan fingerprint density at radius 1 is 1.44 bits per heavy atom. The molecule has 0 saturated heterocycles. The summed E-state index contributed by atoms with van der Waals surface area (Å²) in [4.78, 5) is 24.3. The van der Waals surface area contributed by atoms with Gasteiger partial charge in [-0.05, 0) is 30.7 Å². The van der Waals surface area contributed by atoms with E-state index < -0.39 is 0 Å². The highest BCUT2D eigenvalue weighted by atomic mass is 32.1. The number of ether oxygens (including phenoxy) is 1. The molecule has 0 aromatic carbocycles. The fraction of sp³-hybridized carbons (Fsp3) is 0.538. The molecule has 1 N–H and O–H groups in total. The summed E-state index contributed by atoms with van der Waals surface area (Å²) in [5, 5.41) is 3.37. The number of nitrogens with one attached hydrogen (secondary N) is 1. The van der Waals surface area contributed by atoms with Crippen molar-refractivity contribution >= 4 is 28.2 Å². The number of rotatable bonds is 2. The zero-order valence-electron chi connectivity index (χ0n) is 10.8. The van der Waals surface area contributed by atoms with E-state index in [0.717, 1.165) is 24.8 Å². The average Bonchev–Trinajstić information content (AvgIpc) is 2.64. The average molecular weight is 267 g/mol. The fourth-order valence-corrected chi connectivity index (χ4v) is 3.76. The summed E-state index contributed by atoms with van der Waals surface area (Å²) >= 11 is 1.50. The smallest absolute Gasteiger partial charge is 0.341 e. The van der Waals surface area contributed by atoms with Crippen LogP contribution in [0, 0.1) is 5.92 Å². The number of hydrogen-bond donors (Lipinski definition) is 1. The van der Waals surface area contributed by atoms with Gasteiger partial charge in [0.25, 0.3) is 0 Å². The first kappa shape index (κ1) is 13.1. The Hall–Kier alpha value is -1.36. The second kappa shape index (κ2) is 5.10. The molecule has 1 amide bonds. The van der Waals surface area contributed by atoms with E-state index in [9.17, 15) is 9.59 Å². The minimum Gasteiger partial charge on any atom is -0.465 e. The van der Waals surface area contributed by atoms with Gasteiger partial charge in [-0.15, -0.1) is 11.3 Å². The molecule has 0 bridgehead atoms. The maximum atomic E-state index is 11.9. The van der Waals surface area contributed by atoms with Gasteiger partial charge in [-0.25, -0.2) is 4.79 Å². The summed E-state index contributed by atoms with van der Waals surface area (Å²) in [6, 6.07) is 0. The van der Waals surface area contributed by atoms with Crippen LogP contribution in [0.25, 0.3) is 0 Å². The zero-order chi connectivity index (χ0) is 13.3. The molecule has 1 aromatic heterocycles. The normalized spacial score (nSPS) is 18.1. The maximum Gasteiger partial charge on any atom is 0.341 e. The molecule has 0 unspecified atom stereocenters. The van der Waals surface area contributed by atoms with E-state index in [0.29, 0.717) is 16.5 Å². The SMILES string of the molecule is COC(=O)c1c(NC(C)=O)sc2c1CC[C@H](C)C2. The van der Waals surface area contributed by atoms with E-state index in [-0.39, 0.29) is 11.9 Å². The van der Waals surface area contributed by atoms with Gasteiger partial charge in [0.2, 0.25) is 5.91 Å². The molecule has 0 aliphatic heterocycles. The number of carbonyl (C=O) groups is 2. The standard InChI is InChI=1S/C13H17NO3S/c1-7-4-5-9-10(6-7)18-12(14-8(2)15)11(9)13(16)17-3/h7H,4-6H2,1-3H3,(H,14,15)/t7-/m0/s1. The molecule has 1 atom stereocenters. The number of amides is 1. The third-order valence-corrected chi connectivity index (χ3v) is 4.36. The summed E-state index contributed by atoms with van der Waals surface area (Å²) in [5.41, 5.74) is 1.62. The van der Waals surface area contributed by atoms with Gasteiger partial charge in [0.05, 0.1) is 12.7 Å². The third kappa shape index (κ3) is 2.41. The van der Waals surface area contributed by atoms with Gasteiger partial charge in [0, 0.05) is 11.8 Å². The van der Waals surface area contributed by atoms with Crippen LogP contribution < -0.4 is 5.32 Å². The predicted octanol–water partition coefficient (Wildman–Crippen LogP) is 2.62. The molecule has 0 radical (unpaired) electrons. The molecule has 1 heterocycles. The lowest BCUT2D eigenvalue weighted by Gasteiger charge is -2.18. The summed E-state index contributed by atoms with van der Waals surface area (Å²) in [7, 11) is 1.37. The Bertz CT molecular complexity index is 493. The van der Waals surface area contributed by atoms with Crippen molar-refractivity contribution in [3.63, 3.8) is 0 Å². The van der Waals surface area contributed by atoms with Crippen LogP contribution in [0.3, 0.4) is 0 Å².